The number of aliphatic carboxylic acids is 1. The van der Waals surface area contributed by atoms with Crippen LogP contribution in [0.4, 0.5) is 0 Å². The van der Waals surface area contributed by atoms with Crippen molar-refractivity contribution in [1.29, 1.82) is 0 Å². The van der Waals surface area contributed by atoms with Crippen LogP contribution in [0.15, 0.2) is 24.3 Å². The highest BCUT2D eigenvalue weighted by Gasteiger charge is 2.08. The monoisotopic (exact) mass is 308 g/mol. The number of rotatable bonds is 13. The third-order valence-corrected chi connectivity index (χ3v) is 3.66. The molecule has 2 heteroatoms. The molecule has 2 nitrogen and oxygen atoms in total. The number of carboxylic acids is 1. The van der Waals surface area contributed by atoms with E-state index in [4.69, 9.17) is 5.11 Å². The van der Waals surface area contributed by atoms with Gasteiger partial charge in [-0.05, 0) is 50.4 Å². The van der Waals surface area contributed by atoms with E-state index in [1.165, 1.54) is 38.5 Å². The molecule has 0 heterocycles. The molecule has 0 rings (SSSR count). The van der Waals surface area contributed by atoms with Gasteiger partial charge in [-0.25, -0.2) is 0 Å². The molecule has 128 valence electrons. The summed E-state index contributed by atoms with van der Waals surface area (Å²) in [6.45, 7) is 6.94. The van der Waals surface area contributed by atoms with Gasteiger partial charge in [0, 0.05) is 6.42 Å². The van der Waals surface area contributed by atoms with Crippen LogP contribution in [0.5, 0.6) is 0 Å². The van der Waals surface area contributed by atoms with Crippen molar-refractivity contribution in [3.05, 3.63) is 24.3 Å². The molecule has 0 bridgehead atoms. The molecule has 0 radical (unpaired) electrons. The van der Waals surface area contributed by atoms with Crippen molar-refractivity contribution in [2.45, 2.75) is 91.4 Å². The Kier molecular flexibility index (Phi) is 13.0. The quantitative estimate of drug-likeness (QED) is 0.310. The lowest BCUT2D eigenvalue weighted by atomic mass is 9.89. The van der Waals surface area contributed by atoms with Crippen molar-refractivity contribution < 1.29 is 9.90 Å². The van der Waals surface area contributed by atoms with Crippen LogP contribution in [-0.2, 0) is 4.79 Å². The van der Waals surface area contributed by atoms with E-state index in [1.54, 1.807) is 0 Å². The molecule has 0 aromatic heterocycles. The Morgan fingerprint density at radius 2 is 1.36 bits per heavy atom. The summed E-state index contributed by atoms with van der Waals surface area (Å²) in [7, 11) is 0. The lowest BCUT2D eigenvalue weighted by Gasteiger charge is -2.17. The van der Waals surface area contributed by atoms with Crippen molar-refractivity contribution in [2.75, 3.05) is 0 Å². The van der Waals surface area contributed by atoms with E-state index < -0.39 is 5.97 Å². The van der Waals surface area contributed by atoms with Crippen molar-refractivity contribution in [3.63, 3.8) is 0 Å². The standard InChI is InChI=1S/C20H36O2/c1-20(2,3)18-16-14-12-10-8-6-4-5-7-9-11-13-15-17-19(21)22/h4,6-7,9H,5,8,10-18H2,1-3H3,(H,21,22)/b6-4-,9-7-. The van der Waals surface area contributed by atoms with E-state index in [0.29, 0.717) is 11.8 Å². The fraction of sp³-hybridized carbons (Fsp3) is 0.750. The van der Waals surface area contributed by atoms with Crippen LogP contribution in [0.1, 0.15) is 91.4 Å². The van der Waals surface area contributed by atoms with Gasteiger partial charge in [-0.15, -0.1) is 0 Å². The molecule has 0 saturated carbocycles. The normalized spacial score (nSPS) is 12.5. The Morgan fingerprint density at radius 1 is 0.818 bits per heavy atom. The van der Waals surface area contributed by atoms with E-state index >= 15 is 0 Å². The Bertz CT molecular complexity index is 321. The zero-order valence-electron chi connectivity index (χ0n) is 14.9. The molecule has 0 aliphatic carbocycles. The molecule has 0 saturated heterocycles. The summed E-state index contributed by atoms with van der Waals surface area (Å²) in [5, 5.41) is 8.51. The SMILES string of the molecule is CC(C)(C)CCCCCC/C=C\C/C=C\CCCCC(=O)O. The van der Waals surface area contributed by atoms with Crippen LogP contribution < -0.4 is 0 Å². The maximum absolute atomic E-state index is 10.3. The minimum atomic E-state index is -0.690. The second kappa shape index (κ2) is 13.6. The summed E-state index contributed by atoms with van der Waals surface area (Å²) < 4.78 is 0. The lowest BCUT2D eigenvalue weighted by Crippen LogP contribution is -2.03. The zero-order chi connectivity index (χ0) is 16.7. The highest BCUT2D eigenvalue weighted by Crippen LogP contribution is 2.22. The summed E-state index contributed by atoms with van der Waals surface area (Å²) in [6, 6.07) is 0. The fourth-order valence-electron chi connectivity index (χ4n) is 2.32. The van der Waals surface area contributed by atoms with E-state index in [0.717, 1.165) is 25.7 Å². The molecule has 0 fully saturated rings. The highest BCUT2D eigenvalue weighted by atomic mass is 16.4. The van der Waals surface area contributed by atoms with Crippen molar-refractivity contribution >= 4 is 5.97 Å². The Morgan fingerprint density at radius 3 is 1.91 bits per heavy atom. The van der Waals surface area contributed by atoms with Gasteiger partial charge in [-0.3, -0.25) is 4.79 Å². The molecule has 0 atom stereocenters. The summed E-state index contributed by atoms with van der Waals surface area (Å²) in [5.74, 6) is -0.690. The molecule has 1 N–H and O–H groups in total. The van der Waals surface area contributed by atoms with Crippen LogP contribution in [0, 0.1) is 5.41 Å². The number of allylic oxidation sites excluding steroid dienone is 4. The smallest absolute Gasteiger partial charge is 0.303 e. The van der Waals surface area contributed by atoms with E-state index in [2.05, 4.69) is 45.1 Å². The largest absolute Gasteiger partial charge is 0.481 e. The predicted octanol–water partition coefficient (Wildman–Crippen LogP) is 6.52. The molecular weight excluding hydrogens is 272 g/mol. The van der Waals surface area contributed by atoms with Gasteiger partial charge in [0.1, 0.15) is 0 Å². The van der Waals surface area contributed by atoms with Crippen LogP contribution >= 0.6 is 0 Å². The number of hydrogen-bond acceptors (Lipinski definition) is 1. The highest BCUT2D eigenvalue weighted by molar-refractivity contribution is 5.66. The third kappa shape index (κ3) is 18.9. The average molecular weight is 309 g/mol. The third-order valence-electron chi connectivity index (χ3n) is 3.66. The van der Waals surface area contributed by atoms with Gasteiger partial charge in [0.2, 0.25) is 0 Å². The van der Waals surface area contributed by atoms with E-state index in [-0.39, 0.29) is 0 Å². The summed E-state index contributed by atoms with van der Waals surface area (Å²) in [6.07, 6.45) is 20.8. The van der Waals surface area contributed by atoms with Crippen LogP contribution in [0.3, 0.4) is 0 Å². The molecular formula is C20H36O2. The van der Waals surface area contributed by atoms with Crippen LogP contribution in [-0.4, -0.2) is 11.1 Å². The summed E-state index contributed by atoms with van der Waals surface area (Å²) in [4.78, 5) is 10.3. The topological polar surface area (TPSA) is 37.3 Å². The van der Waals surface area contributed by atoms with Gasteiger partial charge >= 0.3 is 5.97 Å². The minimum Gasteiger partial charge on any atom is -0.481 e. The maximum Gasteiger partial charge on any atom is 0.303 e. The molecule has 0 aromatic rings. The van der Waals surface area contributed by atoms with E-state index in [1.807, 2.05) is 0 Å². The molecule has 0 aromatic carbocycles. The minimum absolute atomic E-state index is 0.295. The second-order valence-corrected chi connectivity index (χ2v) is 7.33. The Hall–Kier alpha value is -1.05. The fourth-order valence-corrected chi connectivity index (χ4v) is 2.32. The van der Waals surface area contributed by atoms with Crippen molar-refractivity contribution in [3.8, 4) is 0 Å². The molecule has 0 aliphatic heterocycles. The second-order valence-electron chi connectivity index (χ2n) is 7.33. The first kappa shape index (κ1) is 20.9. The van der Waals surface area contributed by atoms with Gasteiger partial charge in [-0.2, -0.15) is 0 Å². The first-order valence-corrected chi connectivity index (χ1v) is 8.93. The molecule has 0 amide bonds. The average Bonchev–Trinajstić information content (AvgIpc) is 2.41. The van der Waals surface area contributed by atoms with Crippen molar-refractivity contribution in [1.82, 2.24) is 0 Å². The molecule has 0 unspecified atom stereocenters. The Balaban J connectivity index is 3.28. The number of carboxylic acid groups (broad SMARTS) is 1. The number of carbonyl (C=O) groups is 1. The maximum atomic E-state index is 10.3. The van der Waals surface area contributed by atoms with Crippen LogP contribution in [0.25, 0.3) is 0 Å². The molecule has 22 heavy (non-hydrogen) atoms. The summed E-state index contributed by atoms with van der Waals surface area (Å²) >= 11 is 0. The van der Waals surface area contributed by atoms with Gasteiger partial charge in [0.05, 0.1) is 0 Å². The Labute approximate surface area is 137 Å². The van der Waals surface area contributed by atoms with Gasteiger partial charge in [-0.1, -0.05) is 64.3 Å². The lowest BCUT2D eigenvalue weighted by molar-refractivity contribution is -0.137. The van der Waals surface area contributed by atoms with Crippen LogP contribution in [0.2, 0.25) is 0 Å². The molecule has 0 spiro atoms. The van der Waals surface area contributed by atoms with E-state index in [9.17, 15) is 4.79 Å². The first-order valence-electron chi connectivity index (χ1n) is 8.93. The first-order chi connectivity index (χ1) is 10.4. The number of unbranched alkanes of at least 4 members (excludes halogenated alkanes) is 6. The van der Waals surface area contributed by atoms with Gasteiger partial charge in [0.25, 0.3) is 0 Å². The van der Waals surface area contributed by atoms with Gasteiger partial charge < -0.3 is 5.11 Å². The summed E-state index contributed by atoms with van der Waals surface area (Å²) in [5.41, 5.74) is 0.486. The molecule has 0 aliphatic rings. The predicted molar refractivity (Wildman–Crippen MR) is 96.2 cm³/mol. The van der Waals surface area contributed by atoms with Crippen molar-refractivity contribution in [2.24, 2.45) is 5.41 Å². The zero-order valence-corrected chi connectivity index (χ0v) is 14.9. The van der Waals surface area contributed by atoms with Gasteiger partial charge in [0.15, 0.2) is 0 Å². The number of hydrogen-bond donors (Lipinski definition) is 1.